The Morgan fingerprint density at radius 3 is 1.95 bits per heavy atom. The van der Waals surface area contributed by atoms with E-state index in [1.807, 2.05) is 0 Å². The first-order valence-electron chi connectivity index (χ1n) is 7.74. The Hall–Kier alpha value is -1.60. The molecule has 1 saturated heterocycles. The van der Waals surface area contributed by atoms with Crippen molar-refractivity contribution in [2.75, 3.05) is 0 Å². The van der Waals surface area contributed by atoms with E-state index >= 15 is 0 Å². The normalized spacial score (nSPS) is 23.1. The predicted octanol–water partition coefficient (Wildman–Crippen LogP) is 3.80. The van der Waals surface area contributed by atoms with E-state index in [1.165, 1.54) is 35.1 Å². The molecule has 1 heteroatoms. The maximum atomic E-state index is 3.92. The second-order valence-electron chi connectivity index (χ2n) is 6.30. The Kier molecular flexibility index (Phi) is 2.71. The average molecular weight is 263 g/mol. The van der Waals surface area contributed by atoms with E-state index < -0.39 is 0 Å². The molecule has 0 bridgehead atoms. The second kappa shape index (κ2) is 4.46. The minimum absolute atomic E-state index is 0.0447. The second-order valence-corrected chi connectivity index (χ2v) is 6.30. The number of hydrogen-bond acceptors (Lipinski definition) is 1. The first-order valence-corrected chi connectivity index (χ1v) is 7.74. The number of benzene rings is 2. The zero-order valence-corrected chi connectivity index (χ0v) is 12.0. The van der Waals surface area contributed by atoms with E-state index in [-0.39, 0.29) is 5.54 Å². The van der Waals surface area contributed by atoms with Gasteiger partial charge in [0.25, 0.3) is 0 Å². The smallest absolute Gasteiger partial charge is 0.0698 e. The molecule has 102 valence electrons. The van der Waals surface area contributed by atoms with Crippen LogP contribution in [-0.4, -0.2) is 6.04 Å². The van der Waals surface area contributed by atoms with Gasteiger partial charge in [0.05, 0.1) is 5.54 Å². The molecule has 2 aliphatic rings. The molecular weight excluding hydrogens is 242 g/mol. The predicted molar refractivity (Wildman–Crippen MR) is 82.9 cm³/mol. The van der Waals surface area contributed by atoms with Crippen molar-refractivity contribution in [3.63, 3.8) is 0 Å². The lowest BCUT2D eigenvalue weighted by Gasteiger charge is -2.33. The van der Waals surface area contributed by atoms with Gasteiger partial charge in [-0.3, -0.25) is 0 Å². The average Bonchev–Trinajstić information content (AvgIpc) is 2.82. The highest BCUT2D eigenvalue weighted by atomic mass is 15.0. The first-order chi connectivity index (χ1) is 9.79. The van der Waals surface area contributed by atoms with Gasteiger partial charge >= 0.3 is 0 Å². The van der Waals surface area contributed by atoms with E-state index in [2.05, 4.69) is 60.8 Å². The molecule has 4 rings (SSSR count). The van der Waals surface area contributed by atoms with Crippen LogP contribution in [0.3, 0.4) is 0 Å². The minimum Gasteiger partial charge on any atom is -0.301 e. The summed E-state index contributed by atoms with van der Waals surface area (Å²) in [5.41, 5.74) is 6.10. The molecular formula is C19H21N. The summed E-state index contributed by atoms with van der Waals surface area (Å²) in [5.74, 6) is 0. The van der Waals surface area contributed by atoms with Crippen LogP contribution in [0.25, 0.3) is 0 Å². The van der Waals surface area contributed by atoms with Gasteiger partial charge in [0.1, 0.15) is 0 Å². The van der Waals surface area contributed by atoms with E-state index in [1.54, 1.807) is 0 Å². The van der Waals surface area contributed by atoms with Crippen LogP contribution in [0.2, 0.25) is 0 Å². The molecule has 1 unspecified atom stereocenters. The molecule has 1 heterocycles. The van der Waals surface area contributed by atoms with Crippen molar-refractivity contribution in [3.05, 3.63) is 70.8 Å². The summed E-state index contributed by atoms with van der Waals surface area (Å²) in [6.45, 7) is 2.31. The molecule has 0 amide bonds. The summed E-state index contributed by atoms with van der Waals surface area (Å²) in [6.07, 6.45) is 4.78. The van der Waals surface area contributed by atoms with Crippen molar-refractivity contribution in [1.29, 1.82) is 0 Å². The summed E-state index contributed by atoms with van der Waals surface area (Å²) in [6, 6.07) is 18.6. The van der Waals surface area contributed by atoms with Crippen LogP contribution in [0.1, 0.15) is 42.0 Å². The maximum absolute atomic E-state index is 3.92. The third-order valence-corrected chi connectivity index (χ3v) is 5.06. The van der Waals surface area contributed by atoms with Crippen molar-refractivity contribution >= 4 is 0 Å². The molecule has 0 aromatic heterocycles. The molecule has 1 aliphatic heterocycles. The standard InChI is InChI=1S/C19H21N/c1-14-12-13-19(20-14)17-8-4-2-6-15(17)10-11-16-7-3-5-9-18(16)19/h2-9,14,20H,10-13H2,1H3. The van der Waals surface area contributed by atoms with Gasteiger partial charge in [0.2, 0.25) is 0 Å². The molecule has 1 fully saturated rings. The fraction of sp³-hybridized carbons (Fsp3) is 0.368. The maximum Gasteiger partial charge on any atom is 0.0698 e. The van der Waals surface area contributed by atoms with Gasteiger partial charge in [-0.2, -0.15) is 0 Å². The van der Waals surface area contributed by atoms with Gasteiger partial charge < -0.3 is 5.32 Å². The van der Waals surface area contributed by atoms with E-state index in [4.69, 9.17) is 0 Å². The monoisotopic (exact) mass is 263 g/mol. The summed E-state index contributed by atoms with van der Waals surface area (Å²) in [4.78, 5) is 0. The van der Waals surface area contributed by atoms with Crippen molar-refractivity contribution < 1.29 is 0 Å². The van der Waals surface area contributed by atoms with E-state index in [0.29, 0.717) is 6.04 Å². The van der Waals surface area contributed by atoms with Crippen LogP contribution < -0.4 is 5.32 Å². The number of nitrogens with one attached hydrogen (secondary N) is 1. The molecule has 0 saturated carbocycles. The Labute approximate surface area is 121 Å². The van der Waals surface area contributed by atoms with Gasteiger partial charge in [0, 0.05) is 6.04 Å². The van der Waals surface area contributed by atoms with Crippen molar-refractivity contribution in [2.45, 2.75) is 44.2 Å². The van der Waals surface area contributed by atoms with Gasteiger partial charge in [-0.15, -0.1) is 0 Å². The number of hydrogen-bond donors (Lipinski definition) is 1. The number of aryl methyl sites for hydroxylation is 2. The van der Waals surface area contributed by atoms with Gasteiger partial charge in [-0.05, 0) is 54.9 Å². The lowest BCUT2D eigenvalue weighted by molar-refractivity contribution is 0.448. The summed E-state index contributed by atoms with van der Waals surface area (Å²) < 4.78 is 0. The SMILES string of the molecule is CC1CCC2(N1)c1ccccc1CCc1ccccc12. The lowest BCUT2D eigenvalue weighted by Crippen LogP contribution is -2.41. The fourth-order valence-electron chi connectivity index (χ4n) is 4.15. The van der Waals surface area contributed by atoms with Crippen molar-refractivity contribution in [1.82, 2.24) is 5.32 Å². The molecule has 2 aromatic rings. The molecule has 0 radical (unpaired) electrons. The summed E-state index contributed by atoms with van der Waals surface area (Å²) >= 11 is 0. The van der Waals surface area contributed by atoms with Gasteiger partial charge in [-0.25, -0.2) is 0 Å². The summed E-state index contributed by atoms with van der Waals surface area (Å²) in [7, 11) is 0. The van der Waals surface area contributed by atoms with Crippen LogP contribution in [0.4, 0.5) is 0 Å². The van der Waals surface area contributed by atoms with Gasteiger partial charge in [0.15, 0.2) is 0 Å². The van der Waals surface area contributed by atoms with Crippen LogP contribution in [0.5, 0.6) is 0 Å². The first kappa shape index (κ1) is 12.2. The number of rotatable bonds is 0. The Bertz CT molecular complexity index is 596. The van der Waals surface area contributed by atoms with Crippen molar-refractivity contribution in [2.24, 2.45) is 0 Å². The minimum atomic E-state index is 0.0447. The Morgan fingerprint density at radius 1 is 0.900 bits per heavy atom. The summed E-state index contributed by atoms with van der Waals surface area (Å²) in [5, 5.41) is 3.92. The molecule has 1 spiro atoms. The van der Waals surface area contributed by atoms with Gasteiger partial charge in [-0.1, -0.05) is 48.5 Å². The van der Waals surface area contributed by atoms with E-state index in [9.17, 15) is 0 Å². The Balaban J connectivity index is 2.00. The highest BCUT2D eigenvalue weighted by Gasteiger charge is 2.43. The highest BCUT2D eigenvalue weighted by Crippen LogP contribution is 2.44. The van der Waals surface area contributed by atoms with Crippen molar-refractivity contribution in [3.8, 4) is 0 Å². The van der Waals surface area contributed by atoms with E-state index in [0.717, 1.165) is 12.8 Å². The molecule has 1 N–H and O–H groups in total. The zero-order valence-electron chi connectivity index (χ0n) is 12.0. The van der Waals surface area contributed by atoms with Crippen LogP contribution in [0, 0.1) is 0 Å². The highest BCUT2D eigenvalue weighted by molar-refractivity contribution is 5.50. The third kappa shape index (κ3) is 1.66. The number of fused-ring (bicyclic) bond motifs is 4. The lowest BCUT2D eigenvalue weighted by atomic mass is 9.79. The third-order valence-electron chi connectivity index (χ3n) is 5.06. The molecule has 2 aromatic carbocycles. The van der Waals surface area contributed by atoms with Crippen LogP contribution in [0.15, 0.2) is 48.5 Å². The Morgan fingerprint density at radius 2 is 1.45 bits per heavy atom. The zero-order chi connectivity index (χ0) is 13.6. The van der Waals surface area contributed by atoms with Crippen LogP contribution >= 0.6 is 0 Å². The van der Waals surface area contributed by atoms with Crippen LogP contribution in [-0.2, 0) is 18.4 Å². The molecule has 20 heavy (non-hydrogen) atoms. The quantitative estimate of drug-likeness (QED) is 0.762. The molecule has 1 nitrogen and oxygen atoms in total. The molecule has 1 aliphatic carbocycles. The topological polar surface area (TPSA) is 12.0 Å². The largest absolute Gasteiger partial charge is 0.301 e. The fourth-order valence-corrected chi connectivity index (χ4v) is 4.15. The molecule has 1 atom stereocenters.